The molecule has 0 radical (unpaired) electrons. The van der Waals surface area contributed by atoms with E-state index in [9.17, 15) is 0 Å². The summed E-state index contributed by atoms with van der Waals surface area (Å²) in [7, 11) is 4.40. The molecule has 1 saturated heterocycles. The number of nitriles is 1. The van der Waals surface area contributed by atoms with Crippen LogP contribution in [0.3, 0.4) is 0 Å². The Bertz CT molecular complexity index is 282. The van der Waals surface area contributed by atoms with Crippen LogP contribution in [0.2, 0.25) is 0 Å². The van der Waals surface area contributed by atoms with Crippen LogP contribution in [0.5, 0.6) is 0 Å². The zero-order valence-electron chi connectivity index (χ0n) is 12.4. The van der Waals surface area contributed by atoms with Crippen molar-refractivity contribution in [2.75, 3.05) is 46.8 Å². The van der Waals surface area contributed by atoms with Crippen molar-refractivity contribution in [3.8, 4) is 6.07 Å². The second-order valence-corrected chi connectivity index (χ2v) is 6.20. The summed E-state index contributed by atoms with van der Waals surface area (Å²) in [5, 5.41) is 12.5. The third-order valence-electron chi connectivity index (χ3n) is 3.82. The molecule has 104 valence electrons. The molecule has 0 aliphatic carbocycles. The van der Waals surface area contributed by atoms with Crippen LogP contribution < -0.4 is 5.32 Å². The lowest BCUT2D eigenvalue weighted by atomic mass is 9.90. The molecule has 4 nitrogen and oxygen atoms in total. The number of piperazine rings is 1. The molecule has 1 aliphatic heterocycles. The minimum Gasteiger partial charge on any atom is -0.315 e. The molecule has 0 saturated carbocycles. The first-order chi connectivity index (χ1) is 8.44. The van der Waals surface area contributed by atoms with E-state index in [0.29, 0.717) is 6.04 Å². The molecule has 0 bridgehead atoms. The van der Waals surface area contributed by atoms with Gasteiger partial charge in [-0.25, -0.2) is 0 Å². The van der Waals surface area contributed by atoms with E-state index in [2.05, 4.69) is 35.3 Å². The van der Waals surface area contributed by atoms with Gasteiger partial charge < -0.3 is 10.2 Å². The van der Waals surface area contributed by atoms with Crippen LogP contribution in [0.4, 0.5) is 0 Å². The third-order valence-corrected chi connectivity index (χ3v) is 3.82. The molecule has 1 atom stereocenters. The number of hydrogen-bond donors (Lipinski definition) is 1. The predicted octanol–water partition coefficient (Wildman–Crippen LogP) is 1.15. The lowest BCUT2D eigenvalue weighted by Gasteiger charge is -2.37. The Morgan fingerprint density at radius 2 is 2.06 bits per heavy atom. The minimum atomic E-state index is -0.177. The van der Waals surface area contributed by atoms with Gasteiger partial charge in [0.2, 0.25) is 0 Å². The van der Waals surface area contributed by atoms with Crippen molar-refractivity contribution in [3.63, 3.8) is 0 Å². The lowest BCUT2D eigenvalue weighted by molar-refractivity contribution is 0.113. The summed E-state index contributed by atoms with van der Waals surface area (Å²) >= 11 is 0. The molecule has 1 heterocycles. The highest BCUT2D eigenvalue weighted by Crippen LogP contribution is 2.19. The Balaban J connectivity index is 2.12. The SMILES string of the molecule is CN1CCN(C)C(CNCCCC(C)(C)C#N)C1. The van der Waals surface area contributed by atoms with E-state index in [0.717, 1.165) is 39.0 Å². The van der Waals surface area contributed by atoms with E-state index in [-0.39, 0.29) is 5.41 Å². The monoisotopic (exact) mass is 252 g/mol. The molecular formula is C14H28N4. The number of rotatable bonds is 6. The fraction of sp³-hybridized carbons (Fsp3) is 0.929. The van der Waals surface area contributed by atoms with Gasteiger partial charge in [-0.2, -0.15) is 5.26 Å². The number of likely N-dealkylation sites (N-methyl/N-ethyl adjacent to an activating group) is 2. The van der Waals surface area contributed by atoms with Gasteiger partial charge in [-0.3, -0.25) is 4.90 Å². The summed E-state index contributed by atoms with van der Waals surface area (Å²) in [4.78, 5) is 4.83. The van der Waals surface area contributed by atoms with Gasteiger partial charge in [0.05, 0.1) is 11.5 Å². The standard InChI is InChI=1S/C14H28N4/c1-14(2,12-15)6-5-7-16-10-13-11-17(3)8-9-18(13)4/h13,16H,5-11H2,1-4H3. The summed E-state index contributed by atoms with van der Waals surface area (Å²) in [5.41, 5.74) is -0.177. The van der Waals surface area contributed by atoms with Gasteiger partial charge in [-0.1, -0.05) is 0 Å². The van der Waals surface area contributed by atoms with Crippen molar-refractivity contribution in [2.45, 2.75) is 32.7 Å². The van der Waals surface area contributed by atoms with E-state index < -0.39 is 0 Å². The first kappa shape index (κ1) is 15.4. The van der Waals surface area contributed by atoms with E-state index in [4.69, 9.17) is 5.26 Å². The highest BCUT2D eigenvalue weighted by atomic mass is 15.3. The number of hydrogen-bond acceptors (Lipinski definition) is 4. The molecule has 0 aromatic rings. The maximum Gasteiger partial charge on any atom is 0.0683 e. The van der Waals surface area contributed by atoms with Gasteiger partial charge in [0.15, 0.2) is 0 Å². The predicted molar refractivity (Wildman–Crippen MR) is 75.4 cm³/mol. The summed E-state index contributed by atoms with van der Waals surface area (Å²) in [5.74, 6) is 0. The van der Waals surface area contributed by atoms with Gasteiger partial charge in [-0.15, -0.1) is 0 Å². The summed E-state index contributed by atoms with van der Waals surface area (Å²) < 4.78 is 0. The number of nitrogens with zero attached hydrogens (tertiary/aromatic N) is 3. The van der Waals surface area contributed by atoms with Crippen LogP contribution in [0, 0.1) is 16.7 Å². The summed E-state index contributed by atoms with van der Waals surface area (Å²) in [6, 6.07) is 2.97. The number of nitrogens with one attached hydrogen (secondary N) is 1. The molecule has 1 fully saturated rings. The van der Waals surface area contributed by atoms with Crippen molar-refractivity contribution in [2.24, 2.45) is 5.41 Å². The highest BCUT2D eigenvalue weighted by molar-refractivity contribution is 4.91. The average molecular weight is 252 g/mol. The van der Waals surface area contributed by atoms with Gasteiger partial charge in [0.25, 0.3) is 0 Å². The summed E-state index contributed by atoms with van der Waals surface area (Å²) in [6.45, 7) is 9.56. The normalized spacial score (nSPS) is 22.9. The van der Waals surface area contributed by atoms with Crippen LogP contribution in [0.15, 0.2) is 0 Å². The van der Waals surface area contributed by atoms with Gasteiger partial charge in [0, 0.05) is 32.2 Å². The highest BCUT2D eigenvalue weighted by Gasteiger charge is 2.21. The van der Waals surface area contributed by atoms with Gasteiger partial charge in [0.1, 0.15) is 0 Å². The Morgan fingerprint density at radius 1 is 1.33 bits per heavy atom. The van der Waals surface area contributed by atoms with Crippen molar-refractivity contribution in [3.05, 3.63) is 0 Å². The van der Waals surface area contributed by atoms with E-state index >= 15 is 0 Å². The van der Waals surface area contributed by atoms with E-state index in [1.54, 1.807) is 0 Å². The van der Waals surface area contributed by atoms with Crippen LogP contribution in [0.25, 0.3) is 0 Å². The average Bonchev–Trinajstić information content (AvgIpc) is 2.33. The van der Waals surface area contributed by atoms with Crippen LogP contribution >= 0.6 is 0 Å². The Labute approximate surface area is 112 Å². The summed E-state index contributed by atoms with van der Waals surface area (Å²) in [6.07, 6.45) is 2.05. The Kier molecular flexibility index (Phi) is 6.07. The topological polar surface area (TPSA) is 42.3 Å². The molecule has 1 aliphatic rings. The molecule has 4 heteroatoms. The largest absolute Gasteiger partial charge is 0.315 e. The zero-order valence-corrected chi connectivity index (χ0v) is 12.4. The van der Waals surface area contributed by atoms with E-state index in [1.165, 1.54) is 6.54 Å². The van der Waals surface area contributed by atoms with Crippen LogP contribution in [-0.4, -0.2) is 62.7 Å². The zero-order chi connectivity index (χ0) is 13.6. The van der Waals surface area contributed by atoms with Crippen molar-refractivity contribution in [1.29, 1.82) is 5.26 Å². The maximum absolute atomic E-state index is 8.94. The van der Waals surface area contributed by atoms with Crippen LogP contribution in [0.1, 0.15) is 26.7 Å². The fourth-order valence-electron chi connectivity index (χ4n) is 2.30. The molecule has 1 rings (SSSR count). The maximum atomic E-state index is 8.94. The molecule has 1 unspecified atom stereocenters. The fourth-order valence-corrected chi connectivity index (χ4v) is 2.30. The van der Waals surface area contributed by atoms with Gasteiger partial charge >= 0.3 is 0 Å². The van der Waals surface area contributed by atoms with Crippen LogP contribution in [-0.2, 0) is 0 Å². The van der Waals surface area contributed by atoms with Crippen molar-refractivity contribution in [1.82, 2.24) is 15.1 Å². The molecule has 0 amide bonds. The minimum absolute atomic E-state index is 0.177. The van der Waals surface area contributed by atoms with Crippen molar-refractivity contribution < 1.29 is 0 Å². The van der Waals surface area contributed by atoms with Crippen molar-refractivity contribution >= 4 is 0 Å². The molecule has 0 spiro atoms. The first-order valence-electron chi connectivity index (χ1n) is 6.95. The molecule has 18 heavy (non-hydrogen) atoms. The Morgan fingerprint density at radius 3 is 2.72 bits per heavy atom. The quantitative estimate of drug-likeness (QED) is 0.720. The first-order valence-corrected chi connectivity index (χ1v) is 6.95. The lowest BCUT2D eigenvalue weighted by Crippen LogP contribution is -2.53. The smallest absolute Gasteiger partial charge is 0.0683 e. The van der Waals surface area contributed by atoms with Gasteiger partial charge in [-0.05, 0) is 47.3 Å². The second-order valence-electron chi connectivity index (χ2n) is 6.20. The molecule has 0 aromatic heterocycles. The molecule has 1 N–H and O–H groups in total. The molecule has 0 aromatic carbocycles. The Hall–Kier alpha value is -0.630. The second kappa shape index (κ2) is 7.08. The third kappa shape index (κ3) is 5.34. The van der Waals surface area contributed by atoms with E-state index in [1.807, 2.05) is 13.8 Å². The molecular weight excluding hydrogens is 224 g/mol.